The van der Waals surface area contributed by atoms with E-state index in [0.29, 0.717) is 5.69 Å². The van der Waals surface area contributed by atoms with Crippen LogP contribution in [0, 0.1) is 0 Å². The van der Waals surface area contributed by atoms with Gasteiger partial charge in [-0.25, -0.2) is 4.79 Å². The van der Waals surface area contributed by atoms with E-state index in [2.05, 4.69) is 4.98 Å². The minimum atomic E-state index is -0.269. The van der Waals surface area contributed by atoms with Crippen molar-refractivity contribution in [1.82, 2.24) is 9.55 Å². The molecule has 1 saturated carbocycles. The van der Waals surface area contributed by atoms with Crippen molar-refractivity contribution >= 4 is 0 Å². The molecule has 0 aromatic carbocycles. The maximum atomic E-state index is 11.7. The number of hydrogen-bond acceptors (Lipinski definition) is 2. The third-order valence-electron chi connectivity index (χ3n) is 2.69. The van der Waals surface area contributed by atoms with Crippen LogP contribution in [0.1, 0.15) is 45.3 Å². The molecule has 15 heavy (non-hydrogen) atoms. The van der Waals surface area contributed by atoms with Gasteiger partial charge in [0, 0.05) is 23.2 Å². The lowest BCUT2D eigenvalue weighted by Crippen LogP contribution is -2.37. The van der Waals surface area contributed by atoms with Gasteiger partial charge in [0.25, 0.3) is 5.56 Å². The summed E-state index contributed by atoms with van der Waals surface area (Å²) < 4.78 is 1.33. The molecule has 0 unspecified atom stereocenters. The van der Waals surface area contributed by atoms with E-state index in [1.54, 1.807) is 6.07 Å². The number of H-pyrrole nitrogens is 1. The fraction of sp³-hybridized carbons (Fsp3) is 0.636. The van der Waals surface area contributed by atoms with Gasteiger partial charge in [0.05, 0.1) is 0 Å². The number of aromatic nitrogens is 2. The van der Waals surface area contributed by atoms with E-state index < -0.39 is 0 Å². The second-order valence-electron chi connectivity index (χ2n) is 5.18. The molecule has 0 amide bonds. The van der Waals surface area contributed by atoms with E-state index in [4.69, 9.17) is 0 Å². The molecular formula is C11H16N2O2. The SMILES string of the molecule is CC(C)(C)c1cc(=O)n(C2CC2)c(=O)[nH]1. The zero-order valence-electron chi connectivity index (χ0n) is 9.33. The van der Waals surface area contributed by atoms with Gasteiger partial charge in [0.1, 0.15) is 0 Å². The van der Waals surface area contributed by atoms with Crippen molar-refractivity contribution in [2.24, 2.45) is 0 Å². The van der Waals surface area contributed by atoms with Gasteiger partial charge in [0.15, 0.2) is 0 Å². The van der Waals surface area contributed by atoms with Crippen LogP contribution >= 0.6 is 0 Å². The number of nitrogens with zero attached hydrogens (tertiary/aromatic N) is 1. The summed E-state index contributed by atoms with van der Waals surface area (Å²) in [6.07, 6.45) is 1.88. The predicted octanol–water partition coefficient (Wildman–Crippen LogP) is 1.17. The highest BCUT2D eigenvalue weighted by molar-refractivity contribution is 5.11. The Morgan fingerprint density at radius 1 is 1.33 bits per heavy atom. The van der Waals surface area contributed by atoms with Crippen molar-refractivity contribution in [1.29, 1.82) is 0 Å². The Morgan fingerprint density at radius 3 is 2.33 bits per heavy atom. The molecule has 82 valence electrons. The van der Waals surface area contributed by atoms with Crippen LogP contribution in [0.3, 0.4) is 0 Å². The molecule has 0 spiro atoms. The molecule has 0 aliphatic heterocycles. The largest absolute Gasteiger partial charge is 0.328 e. The van der Waals surface area contributed by atoms with Crippen LogP contribution in [0.5, 0.6) is 0 Å². The highest BCUT2D eigenvalue weighted by atomic mass is 16.2. The molecule has 2 rings (SSSR count). The molecule has 1 aromatic rings. The molecule has 4 nitrogen and oxygen atoms in total. The monoisotopic (exact) mass is 208 g/mol. The Bertz CT molecular complexity index is 455. The quantitative estimate of drug-likeness (QED) is 0.753. The number of nitrogens with one attached hydrogen (secondary N) is 1. The standard InChI is InChI=1S/C11H16N2O2/c1-11(2,3)8-6-9(14)13(7-4-5-7)10(15)12-8/h6-7H,4-5H2,1-3H3,(H,12,15). The normalized spacial score (nSPS) is 16.7. The number of rotatable bonds is 1. The Labute approximate surface area is 88.0 Å². The third kappa shape index (κ3) is 1.89. The van der Waals surface area contributed by atoms with Gasteiger partial charge in [-0.15, -0.1) is 0 Å². The van der Waals surface area contributed by atoms with Crippen LogP contribution in [-0.4, -0.2) is 9.55 Å². The van der Waals surface area contributed by atoms with Gasteiger partial charge in [-0.2, -0.15) is 0 Å². The van der Waals surface area contributed by atoms with Crippen LogP contribution in [0.15, 0.2) is 15.7 Å². The molecule has 1 aromatic heterocycles. The Morgan fingerprint density at radius 2 is 1.93 bits per heavy atom. The van der Waals surface area contributed by atoms with Crippen LogP contribution in [0.4, 0.5) is 0 Å². The first kappa shape index (κ1) is 10.2. The van der Waals surface area contributed by atoms with Gasteiger partial charge < -0.3 is 4.98 Å². The fourth-order valence-electron chi connectivity index (χ4n) is 1.59. The first-order chi connectivity index (χ1) is 6.89. The summed E-state index contributed by atoms with van der Waals surface area (Å²) in [6.45, 7) is 5.91. The molecule has 1 aliphatic carbocycles. The maximum Gasteiger partial charge on any atom is 0.328 e. The van der Waals surface area contributed by atoms with E-state index in [1.165, 1.54) is 4.57 Å². The van der Waals surface area contributed by atoms with Crippen molar-refractivity contribution in [3.63, 3.8) is 0 Å². The molecule has 0 bridgehead atoms. The van der Waals surface area contributed by atoms with E-state index in [9.17, 15) is 9.59 Å². The molecule has 1 N–H and O–H groups in total. The van der Waals surface area contributed by atoms with Gasteiger partial charge >= 0.3 is 5.69 Å². The van der Waals surface area contributed by atoms with Gasteiger partial charge in [-0.1, -0.05) is 20.8 Å². The Hall–Kier alpha value is -1.32. The second kappa shape index (κ2) is 3.08. The molecule has 1 aliphatic rings. The molecular weight excluding hydrogens is 192 g/mol. The molecule has 0 atom stereocenters. The second-order valence-corrected chi connectivity index (χ2v) is 5.18. The average molecular weight is 208 g/mol. The van der Waals surface area contributed by atoms with Gasteiger partial charge in [0.2, 0.25) is 0 Å². The van der Waals surface area contributed by atoms with E-state index >= 15 is 0 Å². The Balaban J connectivity index is 2.58. The highest BCUT2D eigenvalue weighted by Crippen LogP contribution is 2.32. The lowest BCUT2D eigenvalue weighted by molar-refractivity contribution is 0.544. The topological polar surface area (TPSA) is 54.9 Å². The van der Waals surface area contributed by atoms with Crippen LogP contribution < -0.4 is 11.2 Å². The smallest absolute Gasteiger partial charge is 0.311 e. The summed E-state index contributed by atoms with van der Waals surface area (Å²) in [7, 11) is 0. The molecule has 1 heterocycles. The van der Waals surface area contributed by atoms with E-state index in [-0.39, 0.29) is 22.7 Å². The molecule has 0 radical (unpaired) electrons. The van der Waals surface area contributed by atoms with E-state index in [0.717, 1.165) is 12.8 Å². The summed E-state index contributed by atoms with van der Waals surface area (Å²) >= 11 is 0. The zero-order chi connectivity index (χ0) is 11.2. The van der Waals surface area contributed by atoms with Crippen molar-refractivity contribution in [3.05, 3.63) is 32.6 Å². The molecule has 1 fully saturated rings. The maximum absolute atomic E-state index is 11.7. The average Bonchev–Trinajstić information content (AvgIpc) is 2.84. The van der Waals surface area contributed by atoms with Crippen molar-refractivity contribution in [2.45, 2.75) is 45.1 Å². The summed E-state index contributed by atoms with van der Waals surface area (Å²) in [6, 6.07) is 1.68. The fourth-order valence-corrected chi connectivity index (χ4v) is 1.59. The summed E-state index contributed by atoms with van der Waals surface area (Å²) in [5.41, 5.74) is 0.0662. The van der Waals surface area contributed by atoms with E-state index in [1.807, 2.05) is 20.8 Å². The predicted molar refractivity (Wildman–Crippen MR) is 58.3 cm³/mol. The summed E-state index contributed by atoms with van der Waals surface area (Å²) in [4.78, 5) is 26.2. The van der Waals surface area contributed by atoms with Crippen LogP contribution in [0.2, 0.25) is 0 Å². The van der Waals surface area contributed by atoms with Crippen molar-refractivity contribution in [2.75, 3.05) is 0 Å². The van der Waals surface area contributed by atoms with Crippen LogP contribution in [-0.2, 0) is 5.41 Å². The summed E-state index contributed by atoms with van der Waals surface area (Å²) in [5, 5.41) is 0. The lowest BCUT2D eigenvalue weighted by Gasteiger charge is -2.18. The first-order valence-electron chi connectivity index (χ1n) is 5.26. The summed E-state index contributed by atoms with van der Waals surface area (Å²) in [5.74, 6) is 0. The van der Waals surface area contributed by atoms with Crippen molar-refractivity contribution in [3.8, 4) is 0 Å². The first-order valence-corrected chi connectivity index (χ1v) is 5.26. The lowest BCUT2D eigenvalue weighted by atomic mass is 9.92. The minimum Gasteiger partial charge on any atom is -0.311 e. The van der Waals surface area contributed by atoms with Crippen molar-refractivity contribution < 1.29 is 0 Å². The van der Waals surface area contributed by atoms with Gasteiger partial charge in [-0.3, -0.25) is 9.36 Å². The number of aromatic amines is 1. The van der Waals surface area contributed by atoms with Crippen LogP contribution in [0.25, 0.3) is 0 Å². The number of hydrogen-bond donors (Lipinski definition) is 1. The third-order valence-corrected chi connectivity index (χ3v) is 2.69. The molecule has 4 heteroatoms. The Kier molecular flexibility index (Phi) is 2.10. The minimum absolute atomic E-state index is 0.135. The zero-order valence-corrected chi connectivity index (χ0v) is 9.33. The van der Waals surface area contributed by atoms with Gasteiger partial charge in [-0.05, 0) is 12.8 Å². The molecule has 0 saturated heterocycles. The highest BCUT2D eigenvalue weighted by Gasteiger charge is 2.27.